The van der Waals surface area contributed by atoms with Crippen LogP contribution in [0.1, 0.15) is 50.2 Å². The van der Waals surface area contributed by atoms with Crippen LogP contribution in [-0.4, -0.2) is 33.8 Å². The van der Waals surface area contributed by atoms with Gasteiger partial charge in [-0.15, -0.1) is 34.2 Å². The Hall–Kier alpha value is -1.85. The van der Waals surface area contributed by atoms with E-state index < -0.39 is 11.7 Å². The molecule has 0 saturated heterocycles. The number of aromatic nitrogens is 3. The average Bonchev–Trinajstić information content (AvgIpc) is 3.12. The Kier molecular flexibility index (Phi) is 10.4. The summed E-state index contributed by atoms with van der Waals surface area (Å²) in [5.41, 5.74) is -0.105. The molecule has 0 aliphatic carbocycles. The molecule has 1 aromatic heterocycles. The number of nitrogens with one attached hydrogen (secondary N) is 2. The summed E-state index contributed by atoms with van der Waals surface area (Å²) in [6.45, 7) is 7.73. The molecular weight excluding hydrogens is 496 g/mol. The molecule has 2 aromatic rings. The predicted octanol–water partition coefficient (Wildman–Crippen LogP) is 4.18. The van der Waals surface area contributed by atoms with Gasteiger partial charge < -0.3 is 15.2 Å². The lowest BCUT2D eigenvalue weighted by Gasteiger charge is -2.20. The Morgan fingerprint density at radius 2 is 2.03 bits per heavy atom. The molecular formula is C19H28F3IN6. The molecule has 29 heavy (non-hydrogen) atoms. The largest absolute Gasteiger partial charge is 0.416 e. The zero-order chi connectivity index (χ0) is 20.6. The first-order chi connectivity index (χ1) is 13.3. The maximum absolute atomic E-state index is 13.0. The number of alkyl halides is 3. The molecule has 0 aliphatic heterocycles. The number of benzene rings is 1. The first kappa shape index (κ1) is 25.2. The van der Waals surface area contributed by atoms with Crippen molar-refractivity contribution < 1.29 is 13.2 Å². The van der Waals surface area contributed by atoms with Gasteiger partial charge in [0, 0.05) is 26.1 Å². The Morgan fingerprint density at radius 3 is 2.69 bits per heavy atom. The fourth-order valence-corrected chi connectivity index (χ4v) is 2.68. The minimum atomic E-state index is -4.36. The second kappa shape index (κ2) is 12.0. The number of aliphatic imine (C=N–C) groups is 1. The standard InChI is InChI=1S/C19H27F3N6.HI/c1-4-9-23-18(24-10-11-28-13-25-27-17(28)5-2)26-14(3)15-7-6-8-16(12-15)19(20,21)22;/h6-8,12-14H,4-5,9-11H2,1-3H3,(H2,23,24,26);1H. The summed E-state index contributed by atoms with van der Waals surface area (Å²) in [5, 5.41) is 14.4. The third-order valence-corrected chi connectivity index (χ3v) is 4.22. The van der Waals surface area contributed by atoms with Crippen molar-refractivity contribution in [2.24, 2.45) is 4.99 Å². The van der Waals surface area contributed by atoms with Crippen molar-refractivity contribution in [2.75, 3.05) is 13.1 Å². The third kappa shape index (κ3) is 7.82. The summed E-state index contributed by atoms with van der Waals surface area (Å²) in [5.74, 6) is 1.47. The topological polar surface area (TPSA) is 67.1 Å². The van der Waals surface area contributed by atoms with Gasteiger partial charge in [-0.05, 0) is 31.0 Å². The average molecular weight is 524 g/mol. The quantitative estimate of drug-likeness (QED) is 0.309. The number of rotatable bonds is 8. The van der Waals surface area contributed by atoms with Gasteiger partial charge in [0.05, 0.1) is 11.6 Å². The van der Waals surface area contributed by atoms with E-state index in [4.69, 9.17) is 0 Å². The molecule has 0 fully saturated rings. The van der Waals surface area contributed by atoms with Crippen molar-refractivity contribution in [3.8, 4) is 0 Å². The van der Waals surface area contributed by atoms with Crippen LogP contribution in [0.15, 0.2) is 35.6 Å². The number of hydrogen-bond donors (Lipinski definition) is 2. The van der Waals surface area contributed by atoms with Crippen molar-refractivity contribution >= 4 is 29.9 Å². The van der Waals surface area contributed by atoms with E-state index in [-0.39, 0.29) is 30.0 Å². The van der Waals surface area contributed by atoms with E-state index in [0.717, 1.165) is 24.7 Å². The highest BCUT2D eigenvalue weighted by Crippen LogP contribution is 2.30. The number of halogens is 4. The monoisotopic (exact) mass is 524 g/mol. The summed E-state index contributed by atoms with van der Waals surface area (Å²) < 4.78 is 40.8. The first-order valence-electron chi connectivity index (χ1n) is 9.43. The molecule has 0 aliphatic rings. The third-order valence-electron chi connectivity index (χ3n) is 4.22. The van der Waals surface area contributed by atoms with Crippen LogP contribution in [-0.2, 0) is 19.1 Å². The van der Waals surface area contributed by atoms with Gasteiger partial charge >= 0.3 is 6.18 Å². The first-order valence-corrected chi connectivity index (χ1v) is 9.43. The maximum Gasteiger partial charge on any atom is 0.416 e. The molecule has 1 heterocycles. The molecule has 6 nitrogen and oxygen atoms in total. The van der Waals surface area contributed by atoms with Gasteiger partial charge in [0.15, 0.2) is 5.96 Å². The molecule has 0 amide bonds. The molecule has 1 aromatic carbocycles. The smallest absolute Gasteiger partial charge is 0.355 e. The molecule has 1 unspecified atom stereocenters. The zero-order valence-corrected chi connectivity index (χ0v) is 19.2. The minimum Gasteiger partial charge on any atom is -0.355 e. The van der Waals surface area contributed by atoms with E-state index in [2.05, 4.69) is 25.8 Å². The highest BCUT2D eigenvalue weighted by atomic mass is 127. The van der Waals surface area contributed by atoms with Crippen LogP contribution in [0.4, 0.5) is 13.2 Å². The second-order valence-corrected chi connectivity index (χ2v) is 6.44. The SMILES string of the molecule is CCCN=C(NCCn1cnnc1CC)NC(C)c1cccc(C(F)(F)F)c1.I. The van der Waals surface area contributed by atoms with Gasteiger partial charge in [0.25, 0.3) is 0 Å². The predicted molar refractivity (Wildman–Crippen MR) is 118 cm³/mol. The highest BCUT2D eigenvalue weighted by Gasteiger charge is 2.30. The van der Waals surface area contributed by atoms with Crippen LogP contribution < -0.4 is 10.6 Å². The van der Waals surface area contributed by atoms with Crippen LogP contribution in [0.3, 0.4) is 0 Å². The van der Waals surface area contributed by atoms with Crippen molar-refractivity contribution in [3.05, 3.63) is 47.5 Å². The summed E-state index contributed by atoms with van der Waals surface area (Å²) in [6.07, 6.45) is -1.01. The Bertz CT molecular complexity index is 775. The van der Waals surface area contributed by atoms with Crippen molar-refractivity contribution in [1.82, 2.24) is 25.4 Å². The molecule has 0 saturated carbocycles. The minimum absolute atomic E-state index is 0. The van der Waals surface area contributed by atoms with Crippen LogP contribution in [0.5, 0.6) is 0 Å². The fourth-order valence-electron chi connectivity index (χ4n) is 2.68. The Balaban J connectivity index is 0.00000420. The van der Waals surface area contributed by atoms with E-state index in [1.165, 1.54) is 12.1 Å². The second-order valence-electron chi connectivity index (χ2n) is 6.44. The Morgan fingerprint density at radius 1 is 1.28 bits per heavy atom. The van der Waals surface area contributed by atoms with Gasteiger partial charge in [-0.25, -0.2) is 0 Å². The van der Waals surface area contributed by atoms with E-state index in [1.54, 1.807) is 12.4 Å². The lowest BCUT2D eigenvalue weighted by atomic mass is 10.1. The van der Waals surface area contributed by atoms with E-state index in [9.17, 15) is 13.2 Å². The van der Waals surface area contributed by atoms with Crippen molar-refractivity contribution in [2.45, 2.75) is 52.4 Å². The number of aryl methyl sites for hydroxylation is 1. The maximum atomic E-state index is 13.0. The van der Waals surface area contributed by atoms with Gasteiger partial charge in [0.2, 0.25) is 0 Å². The fraction of sp³-hybridized carbons (Fsp3) is 0.526. The number of hydrogen-bond acceptors (Lipinski definition) is 3. The number of nitrogens with zero attached hydrogens (tertiary/aromatic N) is 4. The number of guanidine groups is 1. The van der Waals surface area contributed by atoms with E-state index >= 15 is 0 Å². The summed E-state index contributed by atoms with van der Waals surface area (Å²) in [6, 6.07) is 5.01. The lowest BCUT2D eigenvalue weighted by molar-refractivity contribution is -0.137. The molecule has 2 N–H and O–H groups in total. The van der Waals surface area contributed by atoms with Crippen LogP contribution in [0, 0.1) is 0 Å². The molecule has 1 atom stereocenters. The van der Waals surface area contributed by atoms with Gasteiger partial charge in [0.1, 0.15) is 12.2 Å². The van der Waals surface area contributed by atoms with Gasteiger partial charge in [-0.1, -0.05) is 26.0 Å². The summed E-state index contributed by atoms with van der Waals surface area (Å²) >= 11 is 0. The molecule has 162 valence electrons. The van der Waals surface area contributed by atoms with Gasteiger partial charge in [-0.2, -0.15) is 13.2 Å². The lowest BCUT2D eigenvalue weighted by Crippen LogP contribution is -2.40. The van der Waals surface area contributed by atoms with Crippen molar-refractivity contribution in [1.29, 1.82) is 0 Å². The Labute approximate surface area is 186 Å². The summed E-state index contributed by atoms with van der Waals surface area (Å²) in [7, 11) is 0. The molecule has 0 spiro atoms. The van der Waals surface area contributed by atoms with E-state index in [0.29, 0.717) is 31.2 Å². The highest BCUT2D eigenvalue weighted by molar-refractivity contribution is 14.0. The summed E-state index contributed by atoms with van der Waals surface area (Å²) in [4.78, 5) is 4.47. The molecule has 10 heteroatoms. The van der Waals surface area contributed by atoms with Crippen molar-refractivity contribution in [3.63, 3.8) is 0 Å². The van der Waals surface area contributed by atoms with E-state index in [1.807, 2.05) is 25.3 Å². The van der Waals surface area contributed by atoms with Crippen LogP contribution in [0.25, 0.3) is 0 Å². The van der Waals surface area contributed by atoms with Crippen LogP contribution >= 0.6 is 24.0 Å². The zero-order valence-electron chi connectivity index (χ0n) is 16.8. The molecule has 0 bridgehead atoms. The molecule has 2 rings (SSSR count). The van der Waals surface area contributed by atoms with Crippen LogP contribution in [0.2, 0.25) is 0 Å². The normalized spacial score (nSPS) is 13.0. The van der Waals surface area contributed by atoms with Gasteiger partial charge in [-0.3, -0.25) is 4.99 Å². The molecule has 0 radical (unpaired) electrons.